The Bertz CT molecular complexity index is 1260. The minimum atomic E-state index is -3.70. The molecule has 0 radical (unpaired) electrons. The number of anilines is 2. The lowest BCUT2D eigenvalue weighted by Crippen LogP contribution is -2.30. The number of sulfonamides is 1. The molecule has 0 aliphatic heterocycles. The number of benzene rings is 2. The third-order valence-corrected chi connectivity index (χ3v) is 6.99. The summed E-state index contributed by atoms with van der Waals surface area (Å²) in [5.41, 5.74) is 1.27. The summed E-state index contributed by atoms with van der Waals surface area (Å²) in [6, 6.07) is 12.8. The molecule has 3 rings (SSSR count). The molecule has 0 atom stereocenters. The van der Waals surface area contributed by atoms with E-state index in [0.29, 0.717) is 41.9 Å². The minimum absolute atomic E-state index is 0.0870. The molecule has 0 spiro atoms. The normalized spacial score (nSPS) is 11.6. The van der Waals surface area contributed by atoms with Crippen LogP contribution in [0.25, 0.3) is 10.9 Å². The van der Waals surface area contributed by atoms with Crippen LogP contribution >= 0.6 is 0 Å². The number of para-hydroxylation sites is 1. The summed E-state index contributed by atoms with van der Waals surface area (Å²) in [6.45, 7) is 6.71. The highest BCUT2D eigenvalue weighted by atomic mass is 32.2. The van der Waals surface area contributed by atoms with E-state index in [-0.39, 0.29) is 10.5 Å². The van der Waals surface area contributed by atoms with Gasteiger partial charge in [0.15, 0.2) is 0 Å². The molecule has 0 aliphatic rings. The molecule has 164 valence electrons. The zero-order valence-corrected chi connectivity index (χ0v) is 18.5. The Kier molecular flexibility index (Phi) is 6.77. The smallest absolute Gasteiger partial charge is 0.256 e. The van der Waals surface area contributed by atoms with E-state index in [1.165, 1.54) is 22.5 Å². The number of aromatic nitrogens is 1. The fourth-order valence-corrected chi connectivity index (χ4v) is 4.91. The van der Waals surface area contributed by atoms with Crippen LogP contribution in [0.3, 0.4) is 0 Å². The van der Waals surface area contributed by atoms with Gasteiger partial charge in [-0.05, 0) is 31.2 Å². The molecular weight excluding hydrogens is 416 g/mol. The first-order valence-electron chi connectivity index (χ1n) is 10.1. The maximum atomic E-state index is 13.1. The van der Waals surface area contributed by atoms with Crippen molar-refractivity contribution in [2.75, 3.05) is 30.3 Å². The molecule has 0 fully saturated rings. The van der Waals surface area contributed by atoms with Crippen molar-refractivity contribution < 1.29 is 13.2 Å². The zero-order chi connectivity index (χ0) is 22.6. The first kappa shape index (κ1) is 22.5. The number of amides is 1. The third kappa shape index (κ3) is 4.62. The third-order valence-electron chi connectivity index (χ3n) is 4.94. The Hall–Kier alpha value is -3.17. The fraction of sp³-hybridized carbons (Fsp3) is 0.273. The Labute approximate surface area is 181 Å². The first-order chi connectivity index (χ1) is 14.8. The molecule has 0 saturated carbocycles. The summed E-state index contributed by atoms with van der Waals surface area (Å²) in [4.78, 5) is 27.9. The van der Waals surface area contributed by atoms with E-state index in [2.05, 4.69) is 15.6 Å². The average molecular weight is 443 g/mol. The monoisotopic (exact) mass is 442 g/mol. The summed E-state index contributed by atoms with van der Waals surface area (Å²) in [6.07, 6.45) is 0. The number of nitrogens with one attached hydrogen (secondary N) is 3. The lowest BCUT2D eigenvalue weighted by Gasteiger charge is -2.20. The number of hydrogen-bond acceptors (Lipinski definition) is 5. The number of nitrogens with zero attached hydrogens (tertiary/aromatic N) is 1. The summed E-state index contributed by atoms with van der Waals surface area (Å²) < 4.78 is 27.2. The van der Waals surface area contributed by atoms with Crippen LogP contribution in [0.4, 0.5) is 11.4 Å². The number of hydrogen-bond donors (Lipinski definition) is 3. The van der Waals surface area contributed by atoms with Crippen LogP contribution in [0, 0.1) is 0 Å². The maximum absolute atomic E-state index is 13.1. The lowest BCUT2D eigenvalue weighted by atomic mass is 10.1. The van der Waals surface area contributed by atoms with Crippen molar-refractivity contribution >= 4 is 38.2 Å². The van der Waals surface area contributed by atoms with Crippen LogP contribution in [0.2, 0.25) is 0 Å². The predicted molar refractivity (Wildman–Crippen MR) is 123 cm³/mol. The van der Waals surface area contributed by atoms with Crippen LogP contribution < -0.4 is 16.2 Å². The minimum Gasteiger partial charge on any atom is -0.384 e. The molecule has 3 aromatic rings. The lowest BCUT2D eigenvalue weighted by molar-refractivity contribution is 0.102. The number of carbonyl (C=O) groups is 1. The van der Waals surface area contributed by atoms with Crippen LogP contribution in [0.15, 0.2) is 58.2 Å². The van der Waals surface area contributed by atoms with Gasteiger partial charge in [0.25, 0.3) is 5.91 Å². The van der Waals surface area contributed by atoms with Gasteiger partial charge in [-0.3, -0.25) is 9.59 Å². The van der Waals surface area contributed by atoms with Crippen LogP contribution in [0.1, 0.15) is 31.1 Å². The van der Waals surface area contributed by atoms with Crippen molar-refractivity contribution in [3.8, 4) is 0 Å². The second-order valence-electron chi connectivity index (χ2n) is 6.87. The summed E-state index contributed by atoms with van der Waals surface area (Å²) in [5, 5.41) is 6.50. The van der Waals surface area contributed by atoms with Crippen molar-refractivity contribution in [1.82, 2.24) is 9.29 Å². The molecule has 1 aromatic heterocycles. The van der Waals surface area contributed by atoms with Gasteiger partial charge < -0.3 is 15.6 Å². The van der Waals surface area contributed by atoms with Gasteiger partial charge in [-0.15, -0.1) is 0 Å². The molecule has 2 aromatic carbocycles. The molecule has 1 amide bonds. The van der Waals surface area contributed by atoms with Gasteiger partial charge in [0, 0.05) is 36.6 Å². The van der Waals surface area contributed by atoms with Gasteiger partial charge >= 0.3 is 0 Å². The maximum Gasteiger partial charge on any atom is 0.256 e. The second-order valence-corrected chi connectivity index (χ2v) is 8.81. The van der Waals surface area contributed by atoms with Crippen molar-refractivity contribution in [2.24, 2.45) is 0 Å². The van der Waals surface area contributed by atoms with E-state index < -0.39 is 21.5 Å². The number of H-pyrrole nitrogens is 1. The molecule has 1 heterocycles. The Balaban J connectivity index is 2.06. The van der Waals surface area contributed by atoms with Gasteiger partial charge in [0.1, 0.15) is 0 Å². The summed E-state index contributed by atoms with van der Waals surface area (Å²) >= 11 is 0. The highest BCUT2D eigenvalue weighted by Gasteiger charge is 2.23. The number of pyridine rings is 1. The molecule has 0 unspecified atom stereocenters. The summed E-state index contributed by atoms with van der Waals surface area (Å²) in [5.74, 6) is -0.501. The Morgan fingerprint density at radius 2 is 1.71 bits per heavy atom. The number of fused-ring (bicyclic) bond motifs is 1. The van der Waals surface area contributed by atoms with E-state index in [0.717, 1.165) is 0 Å². The fourth-order valence-electron chi connectivity index (χ4n) is 3.43. The Morgan fingerprint density at radius 1 is 1.00 bits per heavy atom. The number of carbonyl (C=O) groups excluding carboxylic acids is 1. The van der Waals surface area contributed by atoms with Crippen LogP contribution in [-0.4, -0.2) is 43.2 Å². The highest BCUT2D eigenvalue weighted by Crippen LogP contribution is 2.28. The van der Waals surface area contributed by atoms with Gasteiger partial charge in [-0.1, -0.05) is 32.0 Å². The standard InChI is InChI=1S/C22H26N4O4S/c1-4-23-19-12-11-15(31(29,30)26(5-2)6-3)13-20(19)25-22(28)17-14-21(27)24-18-10-8-7-9-16(17)18/h7-14,23H,4-6H2,1-3H3,(H,24,27)(H,25,28). The molecule has 3 N–H and O–H groups in total. The number of aromatic amines is 1. The number of rotatable bonds is 8. The summed E-state index contributed by atoms with van der Waals surface area (Å²) in [7, 11) is -3.70. The van der Waals surface area contributed by atoms with Crippen molar-refractivity contribution in [1.29, 1.82) is 0 Å². The van der Waals surface area contributed by atoms with E-state index >= 15 is 0 Å². The SMILES string of the molecule is CCNc1ccc(S(=O)(=O)N(CC)CC)cc1NC(=O)c1cc(=O)[nH]c2ccccc12. The predicted octanol–water partition coefficient (Wildman–Crippen LogP) is 3.24. The van der Waals surface area contributed by atoms with E-state index in [4.69, 9.17) is 0 Å². The van der Waals surface area contributed by atoms with E-state index in [9.17, 15) is 18.0 Å². The molecule has 0 saturated heterocycles. The van der Waals surface area contributed by atoms with Crippen LogP contribution in [-0.2, 0) is 10.0 Å². The largest absolute Gasteiger partial charge is 0.384 e. The van der Waals surface area contributed by atoms with Crippen molar-refractivity contribution in [2.45, 2.75) is 25.7 Å². The quantitative estimate of drug-likeness (QED) is 0.496. The Morgan fingerprint density at radius 3 is 2.39 bits per heavy atom. The van der Waals surface area contributed by atoms with Gasteiger partial charge in [0.05, 0.1) is 21.8 Å². The van der Waals surface area contributed by atoms with Crippen molar-refractivity contribution in [3.05, 3.63) is 64.4 Å². The van der Waals surface area contributed by atoms with Gasteiger partial charge in [-0.25, -0.2) is 8.42 Å². The molecule has 8 nitrogen and oxygen atoms in total. The zero-order valence-electron chi connectivity index (χ0n) is 17.7. The van der Waals surface area contributed by atoms with E-state index in [1.807, 2.05) is 6.92 Å². The first-order valence-corrected chi connectivity index (χ1v) is 11.6. The molecule has 0 bridgehead atoms. The van der Waals surface area contributed by atoms with Crippen LogP contribution in [0.5, 0.6) is 0 Å². The molecule has 0 aliphatic carbocycles. The molecular formula is C22H26N4O4S. The average Bonchev–Trinajstić information content (AvgIpc) is 2.75. The molecule has 31 heavy (non-hydrogen) atoms. The van der Waals surface area contributed by atoms with Gasteiger partial charge in [-0.2, -0.15) is 4.31 Å². The van der Waals surface area contributed by atoms with E-state index in [1.54, 1.807) is 44.2 Å². The second kappa shape index (κ2) is 9.32. The molecule has 9 heteroatoms. The van der Waals surface area contributed by atoms with Gasteiger partial charge in [0.2, 0.25) is 15.6 Å². The van der Waals surface area contributed by atoms with Crippen molar-refractivity contribution in [3.63, 3.8) is 0 Å². The topological polar surface area (TPSA) is 111 Å². The highest BCUT2D eigenvalue weighted by molar-refractivity contribution is 7.89.